The molecule has 0 radical (unpaired) electrons. The summed E-state index contributed by atoms with van der Waals surface area (Å²) in [5.41, 5.74) is 4.03. The Morgan fingerprint density at radius 3 is 2.42 bits per heavy atom. The van der Waals surface area contributed by atoms with Gasteiger partial charge in [0.05, 0.1) is 13.2 Å². The van der Waals surface area contributed by atoms with Crippen molar-refractivity contribution in [3.8, 4) is 5.75 Å². The molecule has 8 heteroatoms. The van der Waals surface area contributed by atoms with E-state index in [4.69, 9.17) is 4.74 Å². The van der Waals surface area contributed by atoms with Gasteiger partial charge in [0.2, 0.25) is 0 Å². The Morgan fingerprint density at radius 2 is 1.74 bits per heavy atom. The predicted molar refractivity (Wildman–Crippen MR) is 117 cm³/mol. The summed E-state index contributed by atoms with van der Waals surface area (Å²) in [6.07, 6.45) is 0. The first kappa shape index (κ1) is 23.0. The first-order chi connectivity index (χ1) is 15.0. The smallest absolute Gasteiger partial charge is 0.387 e. The van der Waals surface area contributed by atoms with Crippen molar-refractivity contribution in [3.63, 3.8) is 0 Å². The van der Waals surface area contributed by atoms with Crippen LogP contribution in [0.4, 0.5) is 8.78 Å². The van der Waals surface area contributed by atoms with Crippen LogP contribution in [0.1, 0.15) is 22.3 Å². The monoisotopic (exact) mass is 432 g/mol. The van der Waals surface area contributed by atoms with E-state index in [0.717, 1.165) is 44.0 Å². The minimum Gasteiger partial charge on any atom is -0.434 e. The molecule has 3 rings (SSSR count). The predicted octanol–water partition coefficient (Wildman–Crippen LogP) is 3.29. The van der Waals surface area contributed by atoms with E-state index >= 15 is 0 Å². The van der Waals surface area contributed by atoms with E-state index in [2.05, 4.69) is 49.5 Å². The van der Waals surface area contributed by atoms with Crippen LogP contribution in [0.25, 0.3) is 0 Å². The van der Waals surface area contributed by atoms with E-state index in [1.165, 1.54) is 5.56 Å². The van der Waals surface area contributed by atoms with Crippen molar-refractivity contribution in [1.29, 1.82) is 0 Å². The molecule has 1 fully saturated rings. The molecule has 0 atom stereocenters. The molecule has 168 valence electrons. The first-order valence-corrected chi connectivity index (χ1v) is 10.4. The number of nitrogens with one attached hydrogen (secondary N) is 2. The Bertz CT molecular complexity index is 853. The van der Waals surface area contributed by atoms with Gasteiger partial charge in [0, 0.05) is 45.3 Å². The zero-order valence-corrected chi connectivity index (χ0v) is 18.0. The highest BCUT2D eigenvalue weighted by molar-refractivity contribution is 5.79. The Labute approximate surface area is 182 Å². The number of alkyl halides is 2. The third-order valence-corrected chi connectivity index (χ3v) is 5.09. The lowest BCUT2D eigenvalue weighted by Gasteiger charge is -2.26. The normalized spacial score (nSPS) is 15.2. The lowest BCUT2D eigenvalue weighted by atomic mass is 10.1. The standard InChI is InChI=1S/C23H30F2N4O2/c1-17-3-8-21(31-22(24)25)20(13-17)15-28-23(26-2)27-14-18-4-6-19(7-5-18)16-29-9-11-30-12-10-29/h3-8,13,22H,9-12,14-16H2,1-2H3,(H2,26,27,28). The molecule has 6 nitrogen and oxygen atoms in total. The van der Waals surface area contributed by atoms with Crippen LogP contribution in [0, 0.1) is 6.92 Å². The van der Waals surface area contributed by atoms with Gasteiger partial charge in [-0.05, 0) is 24.1 Å². The number of benzene rings is 2. The first-order valence-electron chi connectivity index (χ1n) is 10.4. The van der Waals surface area contributed by atoms with Crippen LogP contribution < -0.4 is 15.4 Å². The van der Waals surface area contributed by atoms with Crippen LogP contribution in [0.2, 0.25) is 0 Å². The van der Waals surface area contributed by atoms with Crippen molar-refractivity contribution in [2.45, 2.75) is 33.2 Å². The Morgan fingerprint density at radius 1 is 1.06 bits per heavy atom. The van der Waals surface area contributed by atoms with Gasteiger partial charge in [-0.1, -0.05) is 42.0 Å². The second kappa shape index (κ2) is 11.6. The highest BCUT2D eigenvalue weighted by Crippen LogP contribution is 2.22. The van der Waals surface area contributed by atoms with Gasteiger partial charge in [0.25, 0.3) is 0 Å². The molecule has 1 aliphatic heterocycles. The molecule has 1 heterocycles. The summed E-state index contributed by atoms with van der Waals surface area (Å²) in [5, 5.41) is 6.41. The average Bonchev–Trinajstić information content (AvgIpc) is 2.77. The van der Waals surface area contributed by atoms with E-state index in [-0.39, 0.29) is 5.75 Å². The SMILES string of the molecule is CN=C(NCc1ccc(CN2CCOCC2)cc1)NCc1cc(C)ccc1OC(F)F. The fourth-order valence-electron chi connectivity index (χ4n) is 3.42. The molecule has 2 aromatic rings. The summed E-state index contributed by atoms with van der Waals surface area (Å²) < 4.78 is 35.3. The van der Waals surface area contributed by atoms with Crippen LogP contribution in [-0.4, -0.2) is 50.8 Å². The summed E-state index contributed by atoms with van der Waals surface area (Å²) >= 11 is 0. The molecule has 0 saturated carbocycles. The average molecular weight is 433 g/mol. The van der Waals surface area contributed by atoms with Crippen LogP contribution in [0.5, 0.6) is 5.75 Å². The third-order valence-electron chi connectivity index (χ3n) is 5.09. The molecule has 0 aliphatic carbocycles. The number of ether oxygens (including phenoxy) is 2. The van der Waals surface area contributed by atoms with E-state index < -0.39 is 6.61 Å². The van der Waals surface area contributed by atoms with Gasteiger partial charge in [-0.25, -0.2) is 0 Å². The maximum Gasteiger partial charge on any atom is 0.387 e. The highest BCUT2D eigenvalue weighted by Gasteiger charge is 2.12. The van der Waals surface area contributed by atoms with Crippen LogP contribution in [0.15, 0.2) is 47.5 Å². The number of hydrogen-bond donors (Lipinski definition) is 2. The third kappa shape index (κ3) is 7.48. The number of morpholine rings is 1. The molecular formula is C23H30F2N4O2. The Kier molecular flexibility index (Phi) is 8.61. The zero-order valence-electron chi connectivity index (χ0n) is 18.0. The summed E-state index contributed by atoms with van der Waals surface area (Å²) in [5.74, 6) is 0.751. The summed E-state index contributed by atoms with van der Waals surface area (Å²) in [7, 11) is 1.67. The minimum absolute atomic E-state index is 0.166. The maximum atomic E-state index is 12.6. The lowest BCUT2D eigenvalue weighted by molar-refractivity contribution is -0.0504. The zero-order chi connectivity index (χ0) is 22.1. The molecule has 0 bridgehead atoms. The van der Waals surface area contributed by atoms with E-state index in [1.807, 2.05) is 13.0 Å². The van der Waals surface area contributed by atoms with E-state index in [9.17, 15) is 8.78 Å². The minimum atomic E-state index is -2.86. The summed E-state index contributed by atoms with van der Waals surface area (Å²) in [4.78, 5) is 6.60. The summed E-state index contributed by atoms with van der Waals surface area (Å²) in [6.45, 7) is 4.44. The molecule has 31 heavy (non-hydrogen) atoms. The topological polar surface area (TPSA) is 58.1 Å². The van der Waals surface area contributed by atoms with Gasteiger partial charge in [-0.3, -0.25) is 9.89 Å². The lowest BCUT2D eigenvalue weighted by Crippen LogP contribution is -2.36. The highest BCUT2D eigenvalue weighted by atomic mass is 19.3. The van der Waals surface area contributed by atoms with Gasteiger partial charge >= 0.3 is 6.61 Å². The van der Waals surface area contributed by atoms with Gasteiger partial charge in [-0.15, -0.1) is 0 Å². The van der Waals surface area contributed by atoms with Crippen molar-refractivity contribution < 1.29 is 18.3 Å². The van der Waals surface area contributed by atoms with Gasteiger partial charge in [0.1, 0.15) is 5.75 Å². The molecule has 0 amide bonds. The van der Waals surface area contributed by atoms with Crippen molar-refractivity contribution in [1.82, 2.24) is 15.5 Å². The molecule has 0 spiro atoms. The maximum absolute atomic E-state index is 12.6. The molecule has 2 aromatic carbocycles. The van der Waals surface area contributed by atoms with Crippen LogP contribution in [-0.2, 0) is 24.4 Å². The quantitative estimate of drug-likeness (QED) is 0.495. The van der Waals surface area contributed by atoms with Gasteiger partial charge < -0.3 is 20.1 Å². The second-order valence-electron chi connectivity index (χ2n) is 7.47. The number of aliphatic imine (C=N–C) groups is 1. The number of aryl methyl sites for hydroxylation is 1. The number of hydrogen-bond acceptors (Lipinski definition) is 4. The Balaban J connectivity index is 1.50. The number of rotatable bonds is 8. The van der Waals surface area contributed by atoms with Gasteiger partial charge in [-0.2, -0.15) is 8.78 Å². The van der Waals surface area contributed by atoms with Gasteiger partial charge in [0.15, 0.2) is 5.96 Å². The number of nitrogens with zero attached hydrogens (tertiary/aromatic N) is 2. The van der Waals surface area contributed by atoms with Crippen molar-refractivity contribution in [3.05, 3.63) is 64.7 Å². The second-order valence-corrected chi connectivity index (χ2v) is 7.47. The summed E-state index contributed by atoms with van der Waals surface area (Å²) in [6, 6.07) is 13.6. The van der Waals surface area contributed by atoms with Crippen molar-refractivity contribution >= 4 is 5.96 Å². The molecule has 2 N–H and O–H groups in total. The van der Waals surface area contributed by atoms with E-state index in [0.29, 0.717) is 24.6 Å². The fourth-order valence-corrected chi connectivity index (χ4v) is 3.42. The number of halogens is 2. The van der Waals surface area contributed by atoms with Crippen LogP contribution in [0.3, 0.4) is 0 Å². The number of guanidine groups is 1. The van der Waals surface area contributed by atoms with Crippen molar-refractivity contribution in [2.24, 2.45) is 4.99 Å². The largest absolute Gasteiger partial charge is 0.434 e. The van der Waals surface area contributed by atoms with Crippen LogP contribution >= 0.6 is 0 Å². The molecule has 1 aliphatic rings. The molecular weight excluding hydrogens is 402 g/mol. The van der Waals surface area contributed by atoms with Crippen molar-refractivity contribution in [2.75, 3.05) is 33.4 Å². The molecule has 1 saturated heterocycles. The Hall–Kier alpha value is -2.71. The molecule has 0 unspecified atom stereocenters. The van der Waals surface area contributed by atoms with E-state index in [1.54, 1.807) is 19.2 Å². The fraction of sp³-hybridized carbons (Fsp3) is 0.435. The molecule has 0 aromatic heterocycles.